The topological polar surface area (TPSA) is 20.2 Å². The summed E-state index contributed by atoms with van der Waals surface area (Å²) in [5.74, 6) is 0.401. The van der Waals surface area contributed by atoms with Gasteiger partial charge in [-0.15, -0.1) is 0 Å². The largest absolute Gasteiger partial charge is 0.393 e. The van der Waals surface area contributed by atoms with Crippen LogP contribution in [0.3, 0.4) is 0 Å². The summed E-state index contributed by atoms with van der Waals surface area (Å²) in [5, 5.41) is 10.3. The van der Waals surface area contributed by atoms with Crippen LogP contribution in [0.1, 0.15) is 13.8 Å². The maximum atomic E-state index is 10.3. The van der Waals surface area contributed by atoms with Gasteiger partial charge < -0.3 is 5.11 Å². The average Bonchev–Trinajstić information content (AvgIpc) is 1.94. The molecule has 0 amide bonds. The first kappa shape index (κ1) is 15.4. The molecule has 0 radical (unpaired) electrons. The molecule has 0 fully saturated rings. The Hall–Kier alpha value is 0.394. The van der Waals surface area contributed by atoms with Gasteiger partial charge in [0.05, 0.1) is 6.10 Å². The molecule has 0 saturated heterocycles. The summed E-state index contributed by atoms with van der Waals surface area (Å²) in [5.41, 5.74) is 0.573. The Morgan fingerprint density at radius 3 is 1.53 bits per heavy atom. The van der Waals surface area contributed by atoms with Crippen LogP contribution >= 0.6 is 0 Å². The fourth-order valence-electron chi connectivity index (χ4n) is 2.06. The minimum absolute atomic E-state index is 0.0941. The molecule has 0 aliphatic carbocycles. The number of aliphatic hydroxyl groups is 1. The van der Waals surface area contributed by atoms with Gasteiger partial charge in [-0.05, 0) is 11.5 Å². The van der Waals surface area contributed by atoms with Crippen molar-refractivity contribution in [1.82, 2.24) is 0 Å². The molecule has 0 aromatic rings. The molecule has 3 heteroatoms. The lowest BCUT2D eigenvalue weighted by molar-refractivity contribution is 0.119. The number of hydrogen-bond donors (Lipinski definition) is 1. The smallest absolute Gasteiger partial charge is 0.0565 e. The van der Waals surface area contributed by atoms with Gasteiger partial charge in [-0.3, -0.25) is 0 Å². The fraction of sp³-hybridized carbons (Fsp3) is 1.00. The van der Waals surface area contributed by atoms with Gasteiger partial charge in [0, 0.05) is 16.1 Å². The second-order valence-corrected chi connectivity index (χ2v) is 18.5. The van der Waals surface area contributed by atoms with E-state index in [1.54, 1.807) is 0 Å². The molecular formula is C12H30OSi2. The number of hydrogen-bond acceptors (Lipinski definition) is 1. The van der Waals surface area contributed by atoms with E-state index in [1.165, 1.54) is 6.04 Å². The molecule has 0 aliphatic heterocycles. The van der Waals surface area contributed by atoms with E-state index in [4.69, 9.17) is 0 Å². The third kappa shape index (κ3) is 5.88. The van der Waals surface area contributed by atoms with Gasteiger partial charge in [0.1, 0.15) is 0 Å². The van der Waals surface area contributed by atoms with Crippen LogP contribution in [0.15, 0.2) is 0 Å². The van der Waals surface area contributed by atoms with E-state index < -0.39 is 16.1 Å². The van der Waals surface area contributed by atoms with E-state index in [0.717, 1.165) is 0 Å². The number of aliphatic hydroxyl groups excluding tert-OH is 1. The summed E-state index contributed by atoms with van der Waals surface area (Å²) in [6.07, 6.45) is -0.0941. The van der Waals surface area contributed by atoms with Crippen molar-refractivity contribution in [3.8, 4) is 0 Å². The summed E-state index contributed by atoms with van der Waals surface area (Å²) >= 11 is 0. The van der Waals surface area contributed by atoms with E-state index in [-0.39, 0.29) is 6.10 Å². The lowest BCUT2D eigenvalue weighted by Crippen LogP contribution is -2.42. The van der Waals surface area contributed by atoms with E-state index in [0.29, 0.717) is 11.5 Å². The normalized spacial score (nSPS) is 18.0. The third-order valence-electron chi connectivity index (χ3n) is 3.04. The Kier molecular flexibility index (Phi) is 5.28. The zero-order valence-corrected chi connectivity index (χ0v) is 13.9. The monoisotopic (exact) mass is 246 g/mol. The van der Waals surface area contributed by atoms with Crippen LogP contribution in [-0.4, -0.2) is 27.4 Å². The van der Waals surface area contributed by atoms with E-state index in [2.05, 4.69) is 53.1 Å². The summed E-state index contributed by atoms with van der Waals surface area (Å²) in [4.78, 5) is 0. The highest BCUT2D eigenvalue weighted by Gasteiger charge is 2.37. The van der Waals surface area contributed by atoms with Crippen LogP contribution in [0.5, 0.6) is 0 Å². The van der Waals surface area contributed by atoms with Crippen molar-refractivity contribution in [3.63, 3.8) is 0 Å². The lowest BCUT2D eigenvalue weighted by Gasteiger charge is -2.38. The van der Waals surface area contributed by atoms with Crippen LogP contribution in [-0.2, 0) is 0 Å². The predicted octanol–water partition coefficient (Wildman–Crippen LogP) is 4.05. The summed E-state index contributed by atoms with van der Waals surface area (Å²) in [7, 11) is -2.30. The molecule has 2 atom stereocenters. The fourth-order valence-corrected chi connectivity index (χ4v) is 9.32. The van der Waals surface area contributed by atoms with Crippen LogP contribution in [0, 0.1) is 5.92 Å². The lowest BCUT2D eigenvalue weighted by atomic mass is 10.1. The molecular weight excluding hydrogens is 216 g/mol. The zero-order chi connectivity index (χ0) is 12.4. The molecule has 0 saturated carbocycles. The highest BCUT2D eigenvalue weighted by atomic mass is 28.3. The van der Waals surface area contributed by atoms with Gasteiger partial charge >= 0.3 is 0 Å². The van der Waals surface area contributed by atoms with Crippen molar-refractivity contribution < 1.29 is 5.11 Å². The molecule has 0 spiro atoms. The van der Waals surface area contributed by atoms with Crippen molar-refractivity contribution in [2.75, 3.05) is 0 Å². The molecule has 0 aromatic carbocycles. The van der Waals surface area contributed by atoms with Gasteiger partial charge in [-0.2, -0.15) is 0 Å². The first-order valence-corrected chi connectivity index (χ1v) is 13.4. The second-order valence-electron chi connectivity index (χ2n) is 7.47. The zero-order valence-electron chi connectivity index (χ0n) is 11.9. The second kappa shape index (κ2) is 5.15. The molecule has 1 N–H and O–H groups in total. The van der Waals surface area contributed by atoms with Crippen LogP contribution in [0.2, 0.25) is 50.9 Å². The third-order valence-corrected chi connectivity index (χ3v) is 7.88. The van der Waals surface area contributed by atoms with Crippen molar-refractivity contribution in [2.45, 2.75) is 70.8 Å². The van der Waals surface area contributed by atoms with Crippen LogP contribution < -0.4 is 0 Å². The molecule has 15 heavy (non-hydrogen) atoms. The van der Waals surface area contributed by atoms with Gasteiger partial charge in [0.25, 0.3) is 0 Å². The quantitative estimate of drug-likeness (QED) is 0.726. The molecule has 0 aromatic heterocycles. The summed E-state index contributed by atoms with van der Waals surface area (Å²) in [6, 6.07) is 1.28. The first-order chi connectivity index (χ1) is 6.45. The Morgan fingerprint density at radius 1 is 0.933 bits per heavy atom. The Balaban J connectivity index is 4.76. The van der Waals surface area contributed by atoms with Crippen molar-refractivity contribution in [2.24, 2.45) is 5.92 Å². The van der Waals surface area contributed by atoms with Gasteiger partial charge in [0.15, 0.2) is 0 Å². The average molecular weight is 247 g/mol. The molecule has 0 aliphatic rings. The SMILES string of the molecule is CC(C)[C@@H](O)[C@H](C[Si](C)(C)C)[Si](C)(C)C. The highest BCUT2D eigenvalue weighted by molar-refractivity contribution is 6.82. The van der Waals surface area contributed by atoms with Crippen LogP contribution in [0.4, 0.5) is 0 Å². The van der Waals surface area contributed by atoms with E-state index in [1.807, 2.05) is 0 Å². The molecule has 0 bridgehead atoms. The number of rotatable bonds is 5. The molecule has 92 valence electrons. The molecule has 0 heterocycles. The van der Waals surface area contributed by atoms with Crippen molar-refractivity contribution >= 4 is 16.1 Å². The maximum Gasteiger partial charge on any atom is 0.0565 e. The summed E-state index contributed by atoms with van der Waals surface area (Å²) < 4.78 is 0. The standard InChI is InChI=1S/C12H30OSi2/c1-10(2)12(13)11(15(6,7)8)9-14(3,4)5/h10-13H,9H2,1-8H3/t11-,12+/m0/s1. The minimum atomic E-state index is -1.24. The first-order valence-electron chi connectivity index (χ1n) is 6.13. The molecule has 0 rings (SSSR count). The van der Waals surface area contributed by atoms with Gasteiger partial charge in [-0.1, -0.05) is 59.2 Å². The van der Waals surface area contributed by atoms with Crippen molar-refractivity contribution in [1.29, 1.82) is 0 Å². The Labute approximate surface area is 98.3 Å². The molecule has 1 nitrogen and oxygen atoms in total. The van der Waals surface area contributed by atoms with Gasteiger partial charge in [-0.25, -0.2) is 0 Å². The summed E-state index contributed by atoms with van der Waals surface area (Å²) in [6.45, 7) is 18.7. The van der Waals surface area contributed by atoms with Crippen molar-refractivity contribution in [3.05, 3.63) is 0 Å². The van der Waals surface area contributed by atoms with Gasteiger partial charge in [0.2, 0.25) is 0 Å². The predicted molar refractivity (Wildman–Crippen MR) is 76.1 cm³/mol. The Bertz CT molecular complexity index is 189. The van der Waals surface area contributed by atoms with E-state index >= 15 is 0 Å². The van der Waals surface area contributed by atoms with Crippen LogP contribution in [0.25, 0.3) is 0 Å². The minimum Gasteiger partial charge on any atom is -0.393 e. The van der Waals surface area contributed by atoms with E-state index in [9.17, 15) is 5.11 Å². The Morgan fingerprint density at radius 2 is 1.33 bits per heavy atom. The molecule has 0 unspecified atom stereocenters. The maximum absolute atomic E-state index is 10.3. The highest BCUT2D eigenvalue weighted by Crippen LogP contribution is 2.36.